The normalized spacial score (nSPS) is 11.9. The standard InChI is InChI=1S/C68H132O6/c1-4-7-10-13-16-19-22-24-26-28-29-30-31-32-33-34-35-36-37-38-39-40-41-43-44-46-49-52-55-58-61-67(70)73-64-65(63-72-66(69)60-57-54-51-48-21-18-15-12-9-6-3)74-68(71)62-59-56-53-50-47-45-42-27-25-23-20-17-14-11-8-5-2/h65H,4-64H2,1-3H3. The molecule has 0 saturated carbocycles. The summed E-state index contributed by atoms with van der Waals surface area (Å²) in [6.45, 7) is 6.71. The molecule has 0 fully saturated rings. The average molecular weight is 1050 g/mol. The Balaban J connectivity index is 4.04. The Kier molecular flexibility index (Phi) is 62.6. The van der Waals surface area contributed by atoms with Crippen LogP contribution in [0.3, 0.4) is 0 Å². The minimum absolute atomic E-state index is 0.0609. The van der Waals surface area contributed by atoms with Crippen LogP contribution in [0.2, 0.25) is 0 Å². The summed E-state index contributed by atoms with van der Waals surface area (Å²) >= 11 is 0. The summed E-state index contributed by atoms with van der Waals surface area (Å²) < 4.78 is 16.9. The number of unbranched alkanes of at least 4 members (excludes halogenated alkanes) is 53. The Hall–Kier alpha value is -1.59. The van der Waals surface area contributed by atoms with Gasteiger partial charge in [0, 0.05) is 19.3 Å². The highest BCUT2D eigenvalue weighted by Gasteiger charge is 2.19. The first-order valence-corrected chi connectivity index (χ1v) is 34.0. The van der Waals surface area contributed by atoms with Crippen LogP contribution in [0, 0.1) is 0 Å². The molecule has 1 atom stereocenters. The number of ether oxygens (including phenoxy) is 3. The van der Waals surface area contributed by atoms with Crippen LogP contribution >= 0.6 is 0 Å². The van der Waals surface area contributed by atoms with Crippen molar-refractivity contribution < 1.29 is 28.6 Å². The molecule has 1 unspecified atom stereocenters. The summed E-state index contributed by atoms with van der Waals surface area (Å²) in [5.74, 6) is -0.829. The van der Waals surface area contributed by atoms with Gasteiger partial charge in [-0.2, -0.15) is 0 Å². The molecule has 6 nitrogen and oxygen atoms in total. The molecule has 0 aliphatic rings. The first kappa shape index (κ1) is 72.4. The average Bonchev–Trinajstić information content (AvgIpc) is 3.40. The molecular weight excluding hydrogens is 913 g/mol. The first-order valence-electron chi connectivity index (χ1n) is 34.0. The Bertz CT molecular complexity index is 1110. The lowest BCUT2D eigenvalue weighted by Gasteiger charge is -2.18. The van der Waals surface area contributed by atoms with Gasteiger partial charge in [-0.15, -0.1) is 0 Å². The SMILES string of the molecule is CCCCCCCCCCCCCCCCCCCCCCCCCCCCCCCCC(=O)OCC(COC(=O)CCCCCCCCCCCC)OC(=O)CCCCCCCCCCCCCCCCCC. The maximum absolute atomic E-state index is 12.9. The van der Waals surface area contributed by atoms with Gasteiger partial charge in [-0.25, -0.2) is 0 Å². The lowest BCUT2D eigenvalue weighted by atomic mass is 10.0. The van der Waals surface area contributed by atoms with E-state index in [1.807, 2.05) is 0 Å². The molecule has 440 valence electrons. The van der Waals surface area contributed by atoms with E-state index in [2.05, 4.69) is 20.8 Å². The third-order valence-corrected chi connectivity index (χ3v) is 15.9. The molecule has 0 aromatic heterocycles. The van der Waals surface area contributed by atoms with Gasteiger partial charge in [0.1, 0.15) is 13.2 Å². The highest BCUT2D eigenvalue weighted by molar-refractivity contribution is 5.71. The number of esters is 3. The monoisotopic (exact) mass is 1050 g/mol. The fourth-order valence-electron chi connectivity index (χ4n) is 10.7. The summed E-state index contributed by atoms with van der Waals surface area (Å²) in [6, 6.07) is 0. The van der Waals surface area contributed by atoms with Gasteiger partial charge in [-0.05, 0) is 19.3 Å². The van der Waals surface area contributed by atoms with Crippen molar-refractivity contribution in [1.82, 2.24) is 0 Å². The second kappa shape index (κ2) is 63.9. The zero-order valence-corrected chi connectivity index (χ0v) is 50.7. The molecule has 0 saturated heterocycles. The van der Waals surface area contributed by atoms with E-state index in [0.29, 0.717) is 19.3 Å². The van der Waals surface area contributed by atoms with E-state index in [9.17, 15) is 14.4 Å². The van der Waals surface area contributed by atoms with Gasteiger partial charge in [0.15, 0.2) is 6.10 Å². The molecule has 0 heterocycles. The summed E-state index contributed by atoms with van der Waals surface area (Å²) in [4.78, 5) is 38.2. The summed E-state index contributed by atoms with van der Waals surface area (Å²) in [6.07, 6.45) is 74.3. The molecule has 0 spiro atoms. The smallest absolute Gasteiger partial charge is 0.306 e. The van der Waals surface area contributed by atoms with Gasteiger partial charge in [0.25, 0.3) is 0 Å². The van der Waals surface area contributed by atoms with Crippen LogP contribution in [0.5, 0.6) is 0 Å². The summed E-state index contributed by atoms with van der Waals surface area (Å²) in [5.41, 5.74) is 0. The van der Waals surface area contributed by atoms with Crippen molar-refractivity contribution in [1.29, 1.82) is 0 Å². The first-order chi connectivity index (χ1) is 36.5. The third-order valence-electron chi connectivity index (χ3n) is 15.9. The fraction of sp³-hybridized carbons (Fsp3) is 0.956. The van der Waals surface area contributed by atoms with Crippen molar-refractivity contribution >= 4 is 17.9 Å². The van der Waals surface area contributed by atoms with Crippen LogP contribution < -0.4 is 0 Å². The van der Waals surface area contributed by atoms with E-state index in [1.54, 1.807) is 0 Å². The molecule has 6 heteroatoms. The van der Waals surface area contributed by atoms with E-state index in [4.69, 9.17) is 14.2 Å². The lowest BCUT2D eigenvalue weighted by Crippen LogP contribution is -2.30. The van der Waals surface area contributed by atoms with Crippen LogP contribution in [0.1, 0.15) is 400 Å². The van der Waals surface area contributed by atoms with Crippen molar-refractivity contribution in [2.24, 2.45) is 0 Å². The van der Waals surface area contributed by atoms with E-state index >= 15 is 0 Å². The fourth-order valence-corrected chi connectivity index (χ4v) is 10.7. The molecule has 0 amide bonds. The predicted molar refractivity (Wildman–Crippen MR) is 321 cm³/mol. The molecule has 0 aromatic rings. The number of rotatable bonds is 64. The Morgan fingerprint density at radius 2 is 0.365 bits per heavy atom. The topological polar surface area (TPSA) is 78.9 Å². The van der Waals surface area contributed by atoms with Crippen LogP contribution in [-0.2, 0) is 28.6 Å². The zero-order valence-electron chi connectivity index (χ0n) is 50.7. The largest absolute Gasteiger partial charge is 0.462 e. The molecule has 0 aromatic carbocycles. The highest BCUT2D eigenvalue weighted by Crippen LogP contribution is 2.19. The minimum atomic E-state index is -0.761. The van der Waals surface area contributed by atoms with Gasteiger partial charge in [-0.3, -0.25) is 14.4 Å². The van der Waals surface area contributed by atoms with E-state index in [-0.39, 0.29) is 31.1 Å². The van der Waals surface area contributed by atoms with E-state index in [1.165, 1.54) is 302 Å². The summed E-state index contributed by atoms with van der Waals surface area (Å²) in [5, 5.41) is 0. The van der Waals surface area contributed by atoms with Gasteiger partial charge in [0.2, 0.25) is 0 Å². The number of carbonyl (C=O) groups excluding carboxylic acids is 3. The van der Waals surface area contributed by atoms with E-state index in [0.717, 1.165) is 57.8 Å². The number of hydrogen-bond donors (Lipinski definition) is 0. The highest BCUT2D eigenvalue weighted by atomic mass is 16.6. The Morgan fingerprint density at radius 3 is 0.541 bits per heavy atom. The molecule has 0 N–H and O–H groups in total. The minimum Gasteiger partial charge on any atom is -0.462 e. The van der Waals surface area contributed by atoms with Crippen molar-refractivity contribution in [3.63, 3.8) is 0 Å². The predicted octanol–water partition coefficient (Wildman–Crippen LogP) is 23.1. The van der Waals surface area contributed by atoms with Crippen molar-refractivity contribution in [3.05, 3.63) is 0 Å². The van der Waals surface area contributed by atoms with Gasteiger partial charge in [-0.1, -0.05) is 361 Å². The molecule has 74 heavy (non-hydrogen) atoms. The lowest BCUT2D eigenvalue weighted by molar-refractivity contribution is -0.167. The van der Waals surface area contributed by atoms with Crippen LogP contribution in [-0.4, -0.2) is 37.2 Å². The molecule has 0 aliphatic carbocycles. The van der Waals surface area contributed by atoms with Crippen LogP contribution in [0.4, 0.5) is 0 Å². The van der Waals surface area contributed by atoms with Gasteiger partial charge in [0.05, 0.1) is 0 Å². The Morgan fingerprint density at radius 1 is 0.216 bits per heavy atom. The van der Waals surface area contributed by atoms with Crippen molar-refractivity contribution in [2.45, 2.75) is 406 Å². The van der Waals surface area contributed by atoms with Crippen LogP contribution in [0.15, 0.2) is 0 Å². The second-order valence-corrected chi connectivity index (χ2v) is 23.5. The second-order valence-electron chi connectivity index (χ2n) is 23.5. The van der Waals surface area contributed by atoms with Crippen LogP contribution in [0.25, 0.3) is 0 Å². The van der Waals surface area contributed by atoms with Gasteiger partial charge >= 0.3 is 17.9 Å². The molecule has 0 aliphatic heterocycles. The maximum Gasteiger partial charge on any atom is 0.306 e. The third kappa shape index (κ3) is 61.3. The molecule has 0 bridgehead atoms. The van der Waals surface area contributed by atoms with E-state index < -0.39 is 6.10 Å². The number of hydrogen-bond acceptors (Lipinski definition) is 6. The quantitative estimate of drug-likeness (QED) is 0.0343. The summed E-state index contributed by atoms with van der Waals surface area (Å²) in [7, 11) is 0. The van der Waals surface area contributed by atoms with Crippen molar-refractivity contribution in [2.75, 3.05) is 13.2 Å². The zero-order chi connectivity index (χ0) is 53.6. The molecule has 0 radical (unpaired) electrons. The van der Waals surface area contributed by atoms with Crippen molar-refractivity contribution in [3.8, 4) is 0 Å². The maximum atomic E-state index is 12.9. The van der Waals surface area contributed by atoms with Gasteiger partial charge < -0.3 is 14.2 Å². The number of carbonyl (C=O) groups is 3. The molecule has 0 rings (SSSR count). The molecular formula is C68H132O6. The Labute approximate surface area is 463 Å².